The number of hydrogen-bond donors (Lipinski definition) is 2. The van der Waals surface area contributed by atoms with Gasteiger partial charge in [0.15, 0.2) is 0 Å². The Morgan fingerprint density at radius 1 is 1.30 bits per heavy atom. The van der Waals surface area contributed by atoms with Crippen LogP contribution in [0.2, 0.25) is 0 Å². The number of benzene rings is 1. The summed E-state index contributed by atoms with van der Waals surface area (Å²) in [4.78, 5) is 2.44. The molecular weight excluding hydrogens is 248 g/mol. The lowest BCUT2D eigenvalue weighted by Gasteiger charge is -2.31. The average Bonchev–Trinajstić information content (AvgIpc) is 2.80. The lowest BCUT2D eigenvalue weighted by Crippen LogP contribution is -2.47. The molecule has 112 valence electrons. The molecule has 1 saturated heterocycles. The van der Waals surface area contributed by atoms with Crippen molar-refractivity contribution < 1.29 is 5.11 Å². The fourth-order valence-electron chi connectivity index (χ4n) is 3.27. The molecule has 1 aromatic carbocycles. The van der Waals surface area contributed by atoms with E-state index < -0.39 is 6.10 Å². The minimum Gasteiger partial charge on any atom is -0.390 e. The van der Waals surface area contributed by atoms with Crippen LogP contribution in [0.1, 0.15) is 38.7 Å². The van der Waals surface area contributed by atoms with Gasteiger partial charge in [0.2, 0.25) is 0 Å². The van der Waals surface area contributed by atoms with Crippen molar-refractivity contribution >= 4 is 0 Å². The summed E-state index contributed by atoms with van der Waals surface area (Å²) in [5.41, 5.74) is 7.38. The van der Waals surface area contributed by atoms with Gasteiger partial charge in [-0.2, -0.15) is 0 Å². The third-order valence-corrected chi connectivity index (χ3v) is 4.63. The van der Waals surface area contributed by atoms with Crippen LogP contribution in [0.5, 0.6) is 0 Å². The maximum absolute atomic E-state index is 10.4. The molecule has 0 aromatic heterocycles. The Labute approximate surface area is 122 Å². The van der Waals surface area contributed by atoms with Crippen LogP contribution in [-0.4, -0.2) is 40.8 Å². The van der Waals surface area contributed by atoms with E-state index in [-0.39, 0.29) is 6.04 Å². The van der Waals surface area contributed by atoms with Gasteiger partial charge in [-0.15, -0.1) is 0 Å². The van der Waals surface area contributed by atoms with Gasteiger partial charge >= 0.3 is 0 Å². The number of β-amino-alcohol motifs (C(OH)–C–C–N with tert-alkyl or cyclic N) is 1. The second-order valence-electron chi connectivity index (χ2n) is 6.11. The molecule has 1 aliphatic heterocycles. The van der Waals surface area contributed by atoms with Gasteiger partial charge in [-0.3, -0.25) is 4.90 Å². The second-order valence-corrected chi connectivity index (χ2v) is 6.11. The van der Waals surface area contributed by atoms with Gasteiger partial charge in [-0.05, 0) is 38.2 Å². The van der Waals surface area contributed by atoms with Crippen molar-refractivity contribution in [3.8, 4) is 0 Å². The van der Waals surface area contributed by atoms with Crippen LogP contribution in [0, 0.1) is 0 Å². The number of aliphatic hydroxyl groups is 1. The summed E-state index contributed by atoms with van der Waals surface area (Å²) in [5, 5.41) is 10.4. The lowest BCUT2D eigenvalue weighted by atomic mass is 10.0. The molecule has 4 unspecified atom stereocenters. The maximum Gasteiger partial charge on any atom is 0.0821 e. The first-order valence-electron chi connectivity index (χ1n) is 7.85. The van der Waals surface area contributed by atoms with Crippen molar-refractivity contribution in [2.24, 2.45) is 5.73 Å². The molecule has 1 fully saturated rings. The van der Waals surface area contributed by atoms with E-state index in [9.17, 15) is 5.11 Å². The molecule has 3 heteroatoms. The van der Waals surface area contributed by atoms with Crippen molar-refractivity contribution in [1.82, 2.24) is 4.90 Å². The van der Waals surface area contributed by atoms with Gasteiger partial charge in [0.1, 0.15) is 0 Å². The number of nitrogens with zero attached hydrogens (tertiary/aromatic N) is 1. The molecule has 20 heavy (non-hydrogen) atoms. The Morgan fingerprint density at radius 2 is 2.00 bits per heavy atom. The van der Waals surface area contributed by atoms with Crippen LogP contribution < -0.4 is 5.73 Å². The van der Waals surface area contributed by atoms with Crippen LogP contribution in [0.25, 0.3) is 0 Å². The largest absolute Gasteiger partial charge is 0.390 e. The van der Waals surface area contributed by atoms with Crippen molar-refractivity contribution in [2.75, 3.05) is 6.54 Å². The summed E-state index contributed by atoms with van der Waals surface area (Å²) in [6, 6.07) is 11.2. The average molecular weight is 276 g/mol. The SMILES string of the molecule is CCC1CCC(C)N1CC(O)C(N)Cc1ccccc1. The summed E-state index contributed by atoms with van der Waals surface area (Å²) < 4.78 is 0. The van der Waals surface area contributed by atoms with E-state index in [2.05, 4.69) is 30.9 Å². The van der Waals surface area contributed by atoms with Gasteiger partial charge in [-0.25, -0.2) is 0 Å². The van der Waals surface area contributed by atoms with Crippen molar-refractivity contribution in [3.63, 3.8) is 0 Å². The van der Waals surface area contributed by atoms with Gasteiger partial charge < -0.3 is 10.8 Å². The molecule has 3 nitrogen and oxygen atoms in total. The smallest absolute Gasteiger partial charge is 0.0821 e. The Hall–Kier alpha value is -0.900. The fourth-order valence-corrected chi connectivity index (χ4v) is 3.27. The van der Waals surface area contributed by atoms with Crippen LogP contribution in [0.15, 0.2) is 30.3 Å². The zero-order chi connectivity index (χ0) is 14.5. The van der Waals surface area contributed by atoms with E-state index in [0.717, 1.165) is 12.8 Å². The van der Waals surface area contributed by atoms with E-state index in [1.54, 1.807) is 0 Å². The molecule has 1 heterocycles. The molecule has 0 radical (unpaired) electrons. The Balaban J connectivity index is 1.89. The van der Waals surface area contributed by atoms with E-state index in [0.29, 0.717) is 18.6 Å². The Morgan fingerprint density at radius 3 is 2.65 bits per heavy atom. The molecule has 0 bridgehead atoms. The topological polar surface area (TPSA) is 49.5 Å². The van der Waals surface area contributed by atoms with E-state index in [4.69, 9.17) is 5.73 Å². The number of nitrogens with two attached hydrogens (primary N) is 1. The quantitative estimate of drug-likeness (QED) is 0.837. The number of aliphatic hydroxyl groups excluding tert-OH is 1. The van der Waals surface area contributed by atoms with Gasteiger partial charge in [0.05, 0.1) is 6.10 Å². The first-order valence-corrected chi connectivity index (χ1v) is 7.85. The highest BCUT2D eigenvalue weighted by Crippen LogP contribution is 2.26. The van der Waals surface area contributed by atoms with E-state index in [1.165, 1.54) is 18.4 Å². The zero-order valence-corrected chi connectivity index (χ0v) is 12.7. The van der Waals surface area contributed by atoms with Gasteiger partial charge in [-0.1, -0.05) is 37.3 Å². The fraction of sp³-hybridized carbons (Fsp3) is 0.647. The minimum atomic E-state index is -0.454. The van der Waals surface area contributed by atoms with Crippen molar-refractivity contribution in [2.45, 2.75) is 63.8 Å². The predicted molar refractivity (Wildman–Crippen MR) is 83.6 cm³/mol. The Kier molecular flexibility index (Phi) is 5.58. The van der Waals surface area contributed by atoms with E-state index >= 15 is 0 Å². The first-order chi connectivity index (χ1) is 9.61. The molecule has 0 saturated carbocycles. The molecule has 1 aromatic rings. The summed E-state index contributed by atoms with van der Waals surface area (Å²) >= 11 is 0. The number of rotatable bonds is 6. The molecule has 0 amide bonds. The van der Waals surface area contributed by atoms with Gasteiger partial charge in [0.25, 0.3) is 0 Å². The highest BCUT2D eigenvalue weighted by Gasteiger charge is 2.31. The summed E-state index contributed by atoms with van der Waals surface area (Å²) in [5.74, 6) is 0. The molecule has 1 aliphatic rings. The monoisotopic (exact) mass is 276 g/mol. The first kappa shape index (κ1) is 15.5. The summed E-state index contributed by atoms with van der Waals surface area (Å²) in [6.07, 6.45) is 3.92. The normalized spacial score (nSPS) is 26.6. The third kappa shape index (κ3) is 3.81. The van der Waals surface area contributed by atoms with Crippen molar-refractivity contribution in [3.05, 3.63) is 35.9 Å². The molecule has 0 spiro atoms. The maximum atomic E-state index is 10.4. The number of hydrogen-bond acceptors (Lipinski definition) is 3. The van der Waals surface area contributed by atoms with Crippen LogP contribution in [-0.2, 0) is 6.42 Å². The molecule has 4 atom stereocenters. The zero-order valence-electron chi connectivity index (χ0n) is 12.7. The second kappa shape index (κ2) is 7.21. The minimum absolute atomic E-state index is 0.192. The lowest BCUT2D eigenvalue weighted by molar-refractivity contribution is 0.0688. The molecular formula is C17H28N2O. The Bertz CT molecular complexity index is 395. The van der Waals surface area contributed by atoms with Crippen LogP contribution in [0.3, 0.4) is 0 Å². The van der Waals surface area contributed by atoms with Crippen LogP contribution >= 0.6 is 0 Å². The summed E-state index contributed by atoms with van der Waals surface area (Å²) in [6.45, 7) is 5.19. The molecule has 3 N–H and O–H groups in total. The van der Waals surface area contributed by atoms with E-state index in [1.807, 2.05) is 18.2 Å². The summed E-state index contributed by atoms with van der Waals surface area (Å²) in [7, 11) is 0. The third-order valence-electron chi connectivity index (χ3n) is 4.63. The molecule has 0 aliphatic carbocycles. The van der Waals surface area contributed by atoms with Crippen LogP contribution in [0.4, 0.5) is 0 Å². The highest BCUT2D eigenvalue weighted by molar-refractivity contribution is 5.16. The number of likely N-dealkylation sites (tertiary alicyclic amines) is 1. The van der Waals surface area contributed by atoms with Gasteiger partial charge in [0, 0.05) is 24.7 Å². The molecule has 2 rings (SSSR count). The van der Waals surface area contributed by atoms with Crippen molar-refractivity contribution in [1.29, 1.82) is 0 Å². The standard InChI is InChI=1S/C17H28N2O/c1-3-15-10-9-13(2)19(15)12-17(20)16(18)11-14-7-5-4-6-8-14/h4-8,13,15-17,20H,3,9-12,18H2,1-2H3. The highest BCUT2D eigenvalue weighted by atomic mass is 16.3. The predicted octanol–water partition coefficient (Wildman–Crippen LogP) is 2.18.